The Labute approximate surface area is 93.6 Å². The average molecular weight is 214 g/mol. The van der Waals surface area contributed by atoms with Crippen LogP contribution in [-0.2, 0) is 0 Å². The summed E-state index contributed by atoms with van der Waals surface area (Å²) in [5, 5.41) is 16.9. The molecule has 0 aromatic rings. The molecule has 0 aromatic heterocycles. The first-order valence-electron chi connectivity index (χ1n) is 6.01. The SMILES string of the molecule is CC(C)(O)C(C)(C)NCC1CCNCC1. The largest absolute Gasteiger partial charge is 0.389 e. The van der Waals surface area contributed by atoms with E-state index in [9.17, 15) is 5.11 Å². The molecule has 1 aliphatic rings. The van der Waals surface area contributed by atoms with Crippen LogP contribution in [0.25, 0.3) is 0 Å². The van der Waals surface area contributed by atoms with E-state index in [2.05, 4.69) is 24.5 Å². The van der Waals surface area contributed by atoms with E-state index < -0.39 is 5.60 Å². The summed E-state index contributed by atoms with van der Waals surface area (Å²) in [6.45, 7) is 11.1. The molecule has 0 saturated carbocycles. The Morgan fingerprint density at radius 2 is 1.73 bits per heavy atom. The molecular formula is C12H26N2O. The standard InChI is InChI=1S/C12H26N2O/c1-11(2,12(3,4)15)14-9-10-5-7-13-8-6-10/h10,13-15H,5-9H2,1-4H3. The fourth-order valence-electron chi connectivity index (χ4n) is 1.70. The lowest BCUT2D eigenvalue weighted by Crippen LogP contribution is -2.57. The molecule has 1 rings (SSSR count). The molecule has 0 spiro atoms. The van der Waals surface area contributed by atoms with Gasteiger partial charge in [-0.2, -0.15) is 0 Å². The maximum Gasteiger partial charge on any atom is 0.0767 e. The van der Waals surface area contributed by atoms with E-state index in [1.54, 1.807) is 0 Å². The van der Waals surface area contributed by atoms with Gasteiger partial charge < -0.3 is 15.7 Å². The van der Waals surface area contributed by atoms with Gasteiger partial charge in [0.25, 0.3) is 0 Å². The van der Waals surface area contributed by atoms with Crippen LogP contribution in [0.3, 0.4) is 0 Å². The average Bonchev–Trinajstić information content (AvgIpc) is 2.15. The smallest absolute Gasteiger partial charge is 0.0767 e. The van der Waals surface area contributed by atoms with E-state index in [1.165, 1.54) is 12.8 Å². The minimum Gasteiger partial charge on any atom is -0.389 e. The highest BCUT2D eigenvalue weighted by Crippen LogP contribution is 2.21. The monoisotopic (exact) mass is 214 g/mol. The third-order valence-corrected chi connectivity index (χ3v) is 3.82. The zero-order valence-corrected chi connectivity index (χ0v) is 10.6. The van der Waals surface area contributed by atoms with Gasteiger partial charge in [0.2, 0.25) is 0 Å². The highest BCUT2D eigenvalue weighted by atomic mass is 16.3. The molecule has 1 heterocycles. The number of hydrogen-bond acceptors (Lipinski definition) is 3. The van der Waals surface area contributed by atoms with Crippen LogP contribution in [0.1, 0.15) is 40.5 Å². The number of piperidine rings is 1. The van der Waals surface area contributed by atoms with Crippen LogP contribution in [0.15, 0.2) is 0 Å². The molecule has 1 aliphatic heterocycles. The van der Waals surface area contributed by atoms with Gasteiger partial charge >= 0.3 is 0 Å². The summed E-state index contributed by atoms with van der Waals surface area (Å²) >= 11 is 0. The summed E-state index contributed by atoms with van der Waals surface area (Å²) in [7, 11) is 0. The Kier molecular flexibility index (Phi) is 4.15. The molecule has 3 nitrogen and oxygen atoms in total. The minimum atomic E-state index is -0.681. The van der Waals surface area contributed by atoms with Gasteiger partial charge in [0, 0.05) is 5.54 Å². The van der Waals surface area contributed by atoms with Crippen molar-refractivity contribution in [2.75, 3.05) is 19.6 Å². The lowest BCUT2D eigenvalue weighted by Gasteiger charge is -2.39. The normalized spacial score (nSPS) is 20.6. The lowest BCUT2D eigenvalue weighted by atomic mass is 9.85. The molecule has 15 heavy (non-hydrogen) atoms. The minimum absolute atomic E-state index is 0.224. The van der Waals surface area contributed by atoms with Crippen molar-refractivity contribution < 1.29 is 5.11 Å². The third kappa shape index (κ3) is 3.74. The van der Waals surface area contributed by atoms with Crippen molar-refractivity contribution in [3.8, 4) is 0 Å². The van der Waals surface area contributed by atoms with Crippen LogP contribution in [0, 0.1) is 5.92 Å². The first-order chi connectivity index (χ1) is 6.83. The second kappa shape index (κ2) is 4.81. The van der Waals surface area contributed by atoms with Gasteiger partial charge in [-0.1, -0.05) is 0 Å². The summed E-state index contributed by atoms with van der Waals surface area (Å²) < 4.78 is 0. The molecule has 1 saturated heterocycles. The van der Waals surface area contributed by atoms with Crippen molar-refractivity contribution >= 4 is 0 Å². The van der Waals surface area contributed by atoms with Gasteiger partial charge in [0.1, 0.15) is 0 Å². The first-order valence-corrected chi connectivity index (χ1v) is 6.01. The topological polar surface area (TPSA) is 44.3 Å². The van der Waals surface area contributed by atoms with Gasteiger partial charge in [-0.05, 0) is 66.1 Å². The summed E-state index contributed by atoms with van der Waals surface area (Å²) in [5.74, 6) is 0.757. The molecule has 0 aromatic carbocycles. The molecule has 3 heteroatoms. The summed E-state index contributed by atoms with van der Waals surface area (Å²) in [6.07, 6.45) is 2.49. The molecule has 0 unspecified atom stereocenters. The van der Waals surface area contributed by atoms with Gasteiger partial charge in [0.05, 0.1) is 5.60 Å². The Hall–Kier alpha value is -0.120. The van der Waals surface area contributed by atoms with E-state index in [0.29, 0.717) is 0 Å². The van der Waals surface area contributed by atoms with E-state index in [1.807, 2.05) is 13.8 Å². The number of aliphatic hydroxyl groups is 1. The van der Waals surface area contributed by atoms with Crippen molar-refractivity contribution in [2.24, 2.45) is 5.92 Å². The Morgan fingerprint density at radius 3 is 2.20 bits per heavy atom. The second-order valence-electron chi connectivity index (χ2n) is 5.76. The summed E-state index contributed by atoms with van der Waals surface area (Å²) in [5.41, 5.74) is -0.905. The van der Waals surface area contributed by atoms with Gasteiger partial charge in [-0.3, -0.25) is 0 Å². The number of nitrogens with one attached hydrogen (secondary N) is 2. The molecule has 3 N–H and O–H groups in total. The quantitative estimate of drug-likeness (QED) is 0.657. The fourth-order valence-corrected chi connectivity index (χ4v) is 1.70. The van der Waals surface area contributed by atoms with Crippen molar-refractivity contribution in [3.63, 3.8) is 0 Å². The van der Waals surface area contributed by atoms with Crippen LogP contribution in [0.5, 0.6) is 0 Å². The van der Waals surface area contributed by atoms with Crippen LogP contribution >= 0.6 is 0 Å². The van der Waals surface area contributed by atoms with Gasteiger partial charge in [-0.25, -0.2) is 0 Å². The number of rotatable bonds is 4. The molecule has 0 bridgehead atoms. The van der Waals surface area contributed by atoms with Crippen molar-refractivity contribution in [3.05, 3.63) is 0 Å². The molecule has 1 fully saturated rings. The van der Waals surface area contributed by atoms with E-state index in [4.69, 9.17) is 0 Å². The first kappa shape index (κ1) is 12.9. The molecule has 0 radical (unpaired) electrons. The van der Waals surface area contributed by atoms with E-state index >= 15 is 0 Å². The predicted octanol–water partition coefficient (Wildman–Crippen LogP) is 1.13. The Morgan fingerprint density at radius 1 is 1.20 bits per heavy atom. The van der Waals surface area contributed by atoms with Crippen LogP contribution in [0.2, 0.25) is 0 Å². The zero-order chi connectivity index (χ0) is 11.5. The zero-order valence-electron chi connectivity index (χ0n) is 10.6. The highest BCUT2D eigenvalue weighted by molar-refractivity contribution is 4.93. The van der Waals surface area contributed by atoms with Crippen LogP contribution in [0.4, 0.5) is 0 Å². The summed E-state index contributed by atoms with van der Waals surface area (Å²) in [6, 6.07) is 0. The maximum atomic E-state index is 10.0. The molecule has 0 atom stereocenters. The highest BCUT2D eigenvalue weighted by Gasteiger charge is 2.34. The molecule has 0 aliphatic carbocycles. The molecular weight excluding hydrogens is 188 g/mol. The van der Waals surface area contributed by atoms with E-state index in [-0.39, 0.29) is 5.54 Å². The van der Waals surface area contributed by atoms with Crippen LogP contribution in [-0.4, -0.2) is 35.9 Å². The van der Waals surface area contributed by atoms with Crippen molar-refractivity contribution in [2.45, 2.75) is 51.7 Å². The van der Waals surface area contributed by atoms with Gasteiger partial charge in [-0.15, -0.1) is 0 Å². The van der Waals surface area contributed by atoms with Crippen molar-refractivity contribution in [1.29, 1.82) is 0 Å². The van der Waals surface area contributed by atoms with Gasteiger partial charge in [0.15, 0.2) is 0 Å². The Bertz CT molecular complexity index is 190. The third-order valence-electron chi connectivity index (χ3n) is 3.82. The molecule has 90 valence electrons. The molecule has 0 amide bonds. The second-order valence-corrected chi connectivity index (χ2v) is 5.76. The lowest BCUT2D eigenvalue weighted by molar-refractivity contribution is -0.00658. The van der Waals surface area contributed by atoms with E-state index in [0.717, 1.165) is 25.6 Å². The summed E-state index contributed by atoms with van der Waals surface area (Å²) in [4.78, 5) is 0. The Balaban J connectivity index is 2.35. The van der Waals surface area contributed by atoms with Crippen LogP contribution < -0.4 is 10.6 Å². The predicted molar refractivity (Wildman–Crippen MR) is 64.0 cm³/mol. The number of hydrogen-bond donors (Lipinski definition) is 3. The fraction of sp³-hybridized carbons (Fsp3) is 1.00. The van der Waals surface area contributed by atoms with Crippen molar-refractivity contribution in [1.82, 2.24) is 10.6 Å². The maximum absolute atomic E-state index is 10.0.